The van der Waals surface area contributed by atoms with Crippen LogP contribution in [-0.2, 0) is 13.8 Å². The highest BCUT2D eigenvalue weighted by molar-refractivity contribution is 7.76. The van der Waals surface area contributed by atoms with Gasteiger partial charge in [0.1, 0.15) is 0 Å². The first-order valence-electron chi connectivity index (χ1n) is 3.45. The third-order valence-electron chi connectivity index (χ3n) is 1.16. The molecule has 0 spiro atoms. The van der Waals surface area contributed by atoms with Crippen LogP contribution in [0.3, 0.4) is 0 Å². The Hall–Kier alpha value is -0.530. The largest absolute Gasteiger partial charge is 0.436 e. The molecule has 0 aromatic heterocycles. The summed E-state index contributed by atoms with van der Waals surface area (Å²) < 4.78 is 9.52. The van der Waals surface area contributed by atoms with E-state index in [9.17, 15) is 4.79 Å². The molecule has 0 N–H and O–H groups in total. The Bertz CT molecular complexity index is 215. The maximum Gasteiger partial charge on any atom is 0.402 e. The molecule has 0 aliphatic carbocycles. The fourth-order valence-electron chi connectivity index (χ4n) is 0.654. The minimum Gasteiger partial charge on any atom is -0.436 e. The zero-order valence-corrected chi connectivity index (χ0v) is 7.92. The predicted molar refractivity (Wildman–Crippen MR) is 47.5 cm³/mol. The Morgan fingerprint density at radius 3 is 3.00 bits per heavy atom. The van der Waals surface area contributed by atoms with Crippen LogP contribution in [0.25, 0.3) is 0 Å². The Labute approximate surface area is 76.7 Å². The molecule has 12 heavy (non-hydrogen) atoms. The number of hydrogen-bond donors (Lipinski definition) is 0. The standard InChI is InChI=1S/C7H8ClO3P/c8-12-10-6-4-2-1-3-5-7(9)11-12/h3-6H,1-2H2/b5-3+,6-4+. The zero-order chi connectivity index (χ0) is 8.81. The molecular formula is C7H8ClO3P. The summed E-state index contributed by atoms with van der Waals surface area (Å²) in [6.45, 7) is 0. The van der Waals surface area contributed by atoms with E-state index in [2.05, 4.69) is 4.52 Å². The summed E-state index contributed by atoms with van der Waals surface area (Å²) in [7, 11) is -1.62. The van der Waals surface area contributed by atoms with Gasteiger partial charge in [-0.15, -0.1) is 0 Å². The fraction of sp³-hybridized carbons (Fsp3) is 0.286. The molecule has 0 bridgehead atoms. The van der Waals surface area contributed by atoms with Gasteiger partial charge in [-0.05, 0) is 30.2 Å². The number of carbonyl (C=O) groups excluding carboxylic acids is 1. The van der Waals surface area contributed by atoms with Crippen molar-refractivity contribution in [2.45, 2.75) is 12.8 Å². The Kier molecular flexibility index (Phi) is 4.12. The normalized spacial score (nSPS) is 29.8. The van der Waals surface area contributed by atoms with E-state index in [-0.39, 0.29) is 0 Å². The van der Waals surface area contributed by atoms with E-state index in [1.165, 1.54) is 12.3 Å². The molecule has 66 valence electrons. The molecule has 1 unspecified atom stereocenters. The van der Waals surface area contributed by atoms with E-state index in [4.69, 9.17) is 15.8 Å². The number of halogens is 1. The van der Waals surface area contributed by atoms with E-state index in [1.807, 2.05) is 6.08 Å². The molecule has 1 aliphatic heterocycles. The van der Waals surface area contributed by atoms with Crippen LogP contribution < -0.4 is 0 Å². The molecule has 1 atom stereocenters. The van der Waals surface area contributed by atoms with Gasteiger partial charge in [-0.2, -0.15) is 0 Å². The highest BCUT2D eigenvalue weighted by Gasteiger charge is 2.10. The first-order valence-corrected chi connectivity index (χ1v) is 5.53. The van der Waals surface area contributed by atoms with Gasteiger partial charge >= 0.3 is 13.7 Å². The van der Waals surface area contributed by atoms with Crippen molar-refractivity contribution >= 4 is 24.9 Å². The Morgan fingerprint density at radius 1 is 1.42 bits per heavy atom. The molecule has 1 rings (SSSR count). The van der Waals surface area contributed by atoms with Crippen molar-refractivity contribution in [3.05, 3.63) is 24.5 Å². The van der Waals surface area contributed by atoms with E-state index >= 15 is 0 Å². The molecule has 1 heterocycles. The van der Waals surface area contributed by atoms with Gasteiger partial charge in [-0.1, -0.05) is 6.08 Å². The molecule has 0 saturated carbocycles. The van der Waals surface area contributed by atoms with Gasteiger partial charge in [0.2, 0.25) is 0 Å². The molecule has 5 heteroatoms. The Morgan fingerprint density at radius 2 is 2.17 bits per heavy atom. The van der Waals surface area contributed by atoms with Crippen LogP contribution in [0.5, 0.6) is 0 Å². The zero-order valence-electron chi connectivity index (χ0n) is 6.27. The average molecular weight is 207 g/mol. The molecule has 0 aromatic rings. The lowest BCUT2D eigenvalue weighted by atomic mass is 10.3. The maximum atomic E-state index is 10.8. The van der Waals surface area contributed by atoms with E-state index in [0.717, 1.165) is 12.8 Å². The first-order chi connectivity index (χ1) is 5.79. The van der Waals surface area contributed by atoms with E-state index in [1.54, 1.807) is 6.08 Å². The minimum atomic E-state index is -1.62. The molecule has 0 aromatic carbocycles. The quantitative estimate of drug-likeness (QED) is 0.572. The van der Waals surface area contributed by atoms with Crippen LogP contribution in [0.2, 0.25) is 0 Å². The van der Waals surface area contributed by atoms with Crippen molar-refractivity contribution in [2.24, 2.45) is 0 Å². The molecule has 0 amide bonds. The van der Waals surface area contributed by atoms with E-state index < -0.39 is 13.7 Å². The second-order valence-electron chi connectivity index (χ2n) is 2.08. The monoisotopic (exact) mass is 206 g/mol. The Balaban J connectivity index is 2.51. The van der Waals surface area contributed by atoms with Crippen LogP contribution in [0, 0.1) is 0 Å². The van der Waals surface area contributed by atoms with Crippen molar-refractivity contribution in [1.29, 1.82) is 0 Å². The summed E-state index contributed by atoms with van der Waals surface area (Å²) in [6, 6.07) is 0. The number of carbonyl (C=O) groups is 1. The topological polar surface area (TPSA) is 35.5 Å². The van der Waals surface area contributed by atoms with Crippen molar-refractivity contribution in [1.82, 2.24) is 0 Å². The van der Waals surface area contributed by atoms with Crippen LogP contribution in [0.1, 0.15) is 12.8 Å². The number of rotatable bonds is 0. The second-order valence-corrected chi connectivity index (χ2v) is 3.73. The van der Waals surface area contributed by atoms with Gasteiger partial charge in [0.15, 0.2) is 0 Å². The van der Waals surface area contributed by atoms with E-state index in [0.29, 0.717) is 0 Å². The number of allylic oxidation sites excluding steroid dienone is 2. The highest BCUT2D eigenvalue weighted by atomic mass is 35.7. The summed E-state index contributed by atoms with van der Waals surface area (Å²) in [5.41, 5.74) is 0. The maximum absolute atomic E-state index is 10.8. The highest BCUT2D eigenvalue weighted by Crippen LogP contribution is 2.44. The molecule has 0 saturated heterocycles. The van der Waals surface area contributed by atoms with Crippen molar-refractivity contribution in [2.75, 3.05) is 0 Å². The predicted octanol–water partition coefficient (Wildman–Crippen LogP) is 2.88. The van der Waals surface area contributed by atoms with Gasteiger partial charge in [0, 0.05) is 6.08 Å². The smallest absolute Gasteiger partial charge is 0.402 e. The van der Waals surface area contributed by atoms with Gasteiger partial charge in [0.05, 0.1) is 6.26 Å². The average Bonchev–Trinajstić information content (AvgIpc) is 2.02. The first kappa shape index (κ1) is 9.56. The van der Waals surface area contributed by atoms with Crippen LogP contribution in [0.15, 0.2) is 24.5 Å². The molecule has 1 aliphatic rings. The summed E-state index contributed by atoms with van der Waals surface area (Å²) in [6.07, 6.45) is 8.05. The van der Waals surface area contributed by atoms with Crippen LogP contribution in [0.4, 0.5) is 0 Å². The van der Waals surface area contributed by atoms with Crippen LogP contribution in [-0.4, -0.2) is 5.97 Å². The third kappa shape index (κ3) is 3.74. The molecule has 0 radical (unpaired) electrons. The van der Waals surface area contributed by atoms with Crippen molar-refractivity contribution in [3.63, 3.8) is 0 Å². The lowest BCUT2D eigenvalue weighted by molar-refractivity contribution is -0.128. The summed E-state index contributed by atoms with van der Waals surface area (Å²) in [5.74, 6) is -0.452. The summed E-state index contributed by atoms with van der Waals surface area (Å²) in [5, 5.41) is 0. The van der Waals surface area contributed by atoms with Crippen molar-refractivity contribution in [3.8, 4) is 0 Å². The molecular weight excluding hydrogens is 199 g/mol. The van der Waals surface area contributed by atoms with Gasteiger partial charge in [0.25, 0.3) is 0 Å². The lowest BCUT2D eigenvalue weighted by Gasteiger charge is -2.06. The second kappa shape index (κ2) is 5.18. The minimum absolute atomic E-state index is 0.452. The van der Waals surface area contributed by atoms with Crippen LogP contribution >= 0.6 is 19.0 Å². The van der Waals surface area contributed by atoms with Gasteiger partial charge < -0.3 is 9.05 Å². The van der Waals surface area contributed by atoms with Gasteiger partial charge in [-0.25, -0.2) is 4.79 Å². The third-order valence-corrected chi connectivity index (χ3v) is 2.21. The summed E-state index contributed by atoms with van der Waals surface area (Å²) >= 11 is 5.53. The summed E-state index contributed by atoms with van der Waals surface area (Å²) in [4.78, 5) is 10.8. The molecule has 0 fully saturated rings. The lowest BCUT2D eigenvalue weighted by Crippen LogP contribution is -1.94. The van der Waals surface area contributed by atoms with Crippen molar-refractivity contribution < 1.29 is 13.8 Å². The molecule has 3 nitrogen and oxygen atoms in total. The number of hydrogen-bond acceptors (Lipinski definition) is 3. The fourth-order valence-corrected chi connectivity index (χ4v) is 1.42. The SMILES string of the molecule is O=C1/C=C/CC/C=C/OP(Cl)O1. The van der Waals surface area contributed by atoms with Gasteiger partial charge in [-0.3, -0.25) is 0 Å².